The van der Waals surface area contributed by atoms with Crippen LogP contribution in [0, 0.1) is 0 Å². The molecular weight excluding hydrogens is 240 g/mol. The van der Waals surface area contributed by atoms with Crippen LogP contribution in [0.4, 0.5) is 0 Å². The molecule has 1 heterocycles. The zero-order valence-corrected chi connectivity index (χ0v) is 11.8. The lowest BCUT2D eigenvalue weighted by Gasteiger charge is -2.09. The van der Waals surface area contributed by atoms with E-state index in [-0.39, 0.29) is 0 Å². The monoisotopic (exact) mass is 260 g/mol. The Bertz CT molecular complexity index is 612. The van der Waals surface area contributed by atoms with E-state index in [1.54, 1.807) is 11.5 Å². The van der Waals surface area contributed by atoms with Gasteiger partial charge in [-0.05, 0) is 37.5 Å². The first kappa shape index (κ1) is 13.6. The second kappa shape index (κ2) is 5.05. The fourth-order valence-corrected chi connectivity index (χ4v) is 2.37. The van der Waals surface area contributed by atoms with Crippen molar-refractivity contribution >= 4 is 16.8 Å². The smallest absolute Gasteiger partial charge is 0.274 e. The fraction of sp³-hybridized carbons (Fsp3) is 0.400. The number of hydroxylamine groups is 1. The van der Waals surface area contributed by atoms with Gasteiger partial charge in [0.2, 0.25) is 0 Å². The minimum atomic E-state index is -0.482. The minimum Gasteiger partial charge on any atom is -0.345 e. The van der Waals surface area contributed by atoms with Crippen LogP contribution in [-0.4, -0.2) is 15.7 Å². The van der Waals surface area contributed by atoms with Gasteiger partial charge in [-0.15, -0.1) is 0 Å². The number of carbonyl (C=O) groups is 1. The highest BCUT2D eigenvalue weighted by Crippen LogP contribution is 2.30. The van der Waals surface area contributed by atoms with Gasteiger partial charge < -0.3 is 4.57 Å². The lowest BCUT2D eigenvalue weighted by atomic mass is 10.0. The van der Waals surface area contributed by atoms with Crippen LogP contribution in [0.2, 0.25) is 0 Å². The molecule has 1 amide bonds. The van der Waals surface area contributed by atoms with Gasteiger partial charge in [-0.25, -0.2) is 5.48 Å². The average molecular weight is 260 g/mol. The maximum absolute atomic E-state index is 11.5. The number of nitrogens with one attached hydrogen (secondary N) is 1. The van der Waals surface area contributed by atoms with Gasteiger partial charge in [0.05, 0.1) is 0 Å². The van der Waals surface area contributed by atoms with Crippen LogP contribution < -0.4 is 5.48 Å². The summed E-state index contributed by atoms with van der Waals surface area (Å²) in [7, 11) is 0. The van der Waals surface area contributed by atoms with E-state index in [1.165, 1.54) is 5.56 Å². The molecule has 0 aliphatic heterocycles. The largest absolute Gasteiger partial charge is 0.345 e. The van der Waals surface area contributed by atoms with Gasteiger partial charge >= 0.3 is 0 Å². The Hall–Kier alpha value is -1.81. The summed E-state index contributed by atoms with van der Waals surface area (Å²) in [6.07, 6.45) is 2.15. The molecular formula is C15H20N2O2. The first-order valence-corrected chi connectivity index (χ1v) is 6.54. The number of hydrogen-bond acceptors (Lipinski definition) is 2. The molecule has 2 aromatic rings. The van der Waals surface area contributed by atoms with Crippen molar-refractivity contribution < 1.29 is 10.0 Å². The molecule has 0 saturated carbocycles. The van der Waals surface area contributed by atoms with Gasteiger partial charge in [-0.2, -0.15) is 0 Å². The minimum absolute atomic E-state index is 0.322. The molecule has 0 saturated heterocycles. The second-order valence-electron chi connectivity index (χ2n) is 5.41. The molecule has 19 heavy (non-hydrogen) atoms. The number of nitrogens with zero attached hydrogens (tertiary/aromatic N) is 1. The predicted molar refractivity (Wildman–Crippen MR) is 75.7 cm³/mol. The highest BCUT2D eigenvalue weighted by molar-refractivity contribution is 5.98. The van der Waals surface area contributed by atoms with Crippen LogP contribution in [0.25, 0.3) is 10.9 Å². The number of benzene rings is 1. The topological polar surface area (TPSA) is 54.3 Å². The third-order valence-corrected chi connectivity index (χ3v) is 3.41. The molecule has 0 aliphatic carbocycles. The lowest BCUT2D eigenvalue weighted by molar-refractivity contribution is 0.0706. The van der Waals surface area contributed by atoms with Crippen molar-refractivity contribution in [1.29, 1.82) is 0 Å². The summed E-state index contributed by atoms with van der Waals surface area (Å²) in [6, 6.07) is 5.84. The van der Waals surface area contributed by atoms with Gasteiger partial charge in [0, 0.05) is 28.7 Å². The van der Waals surface area contributed by atoms with E-state index in [4.69, 9.17) is 5.21 Å². The molecule has 0 bridgehead atoms. The van der Waals surface area contributed by atoms with Crippen LogP contribution in [0.5, 0.6) is 0 Å². The van der Waals surface area contributed by atoms with E-state index < -0.39 is 5.91 Å². The van der Waals surface area contributed by atoms with Crippen LogP contribution in [0.3, 0.4) is 0 Å². The average Bonchev–Trinajstić information content (AvgIpc) is 2.76. The van der Waals surface area contributed by atoms with E-state index in [9.17, 15) is 4.79 Å². The number of amides is 1. The SMILES string of the molecule is CC(C)c1cn(C(C)C)c2cc(C(=O)NO)ccc12. The predicted octanol–water partition coefficient (Wildman–Crippen LogP) is 3.46. The first-order valence-electron chi connectivity index (χ1n) is 6.54. The van der Waals surface area contributed by atoms with Gasteiger partial charge in [0.25, 0.3) is 5.91 Å². The summed E-state index contributed by atoms with van der Waals surface area (Å²) in [5.74, 6) is -0.0514. The van der Waals surface area contributed by atoms with Crippen LogP contribution in [-0.2, 0) is 0 Å². The van der Waals surface area contributed by atoms with Crippen molar-refractivity contribution in [3.05, 3.63) is 35.5 Å². The molecule has 4 heteroatoms. The molecule has 102 valence electrons. The molecule has 0 atom stereocenters. The molecule has 1 aromatic heterocycles. The number of fused-ring (bicyclic) bond motifs is 1. The quantitative estimate of drug-likeness (QED) is 0.656. The van der Waals surface area contributed by atoms with Gasteiger partial charge in [0.1, 0.15) is 0 Å². The standard InChI is InChI=1S/C15H20N2O2/c1-9(2)13-8-17(10(3)4)14-7-11(15(18)16-19)5-6-12(13)14/h5-10,19H,1-4H3,(H,16,18). The van der Waals surface area contributed by atoms with Crippen LogP contribution >= 0.6 is 0 Å². The number of hydrogen-bond donors (Lipinski definition) is 2. The van der Waals surface area contributed by atoms with Crippen molar-refractivity contribution in [2.45, 2.75) is 39.7 Å². The number of rotatable bonds is 3. The van der Waals surface area contributed by atoms with Crippen molar-refractivity contribution in [1.82, 2.24) is 10.0 Å². The maximum atomic E-state index is 11.5. The van der Waals surface area contributed by atoms with Crippen LogP contribution in [0.15, 0.2) is 24.4 Å². The summed E-state index contributed by atoms with van der Waals surface area (Å²) in [5.41, 5.74) is 4.44. The van der Waals surface area contributed by atoms with E-state index in [1.807, 2.05) is 12.1 Å². The third-order valence-electron chi connectivity index (χ3n) is 3.41. The molecule has 0 unspecified atom stereocenters. The molecule has 4 nitrogen and oxygen atoms in total. The van der Waals surface area contributed by atoms with Crippen molar-refractivity contribution in [3.63, 3.8) is 0 Å². The van der Waals surface area contributed by atoms with E-state index >= 15 is 0 Å². The summed E-state index contributed by atoms with van der Waals surface area (Å²) < 4.78 is 2.17. The highest BCUT2D eigenvalue weighted by Gasteiger charge is 2.15. The Morgan fingerprint density at radius 3 is 2.47 bits per heavy atom. The van der Waals surface area contributed by atoms with Gasteiger partial charge in [-0.1, -0.05) is 19.9 Å². The summed E-state index contributed by atoms with van der Waals surface area (Å²) in [5, 5.41) is 9.89. The Morgan fingerprint density at radius 2 is 1.95 bits per heavy atom. The summed E-state index contributed by atoms with van der Waals surface area (Å²) in [6.45, 7) is 8.55. The number of carbonyl (C=O) groups excluding carboxylic acids is 1. The van der Waals surface area contributed by atoms with E-state index in [2.05, 4.69) is 38.5 Å². The van der Waals surface area contributed by atoms with E-state index in [0.717, 1.165) is 10.9 Å². The Morgan fingerprint density at radius 1 is 1.26 bits per heavy atom. The van der Waals surface area contributed by atoms with Gasteiger partial charge in [-0.3, -0.25) is 10.0 Å². The number of aromatic nitrogens is 1. The maximum Gasteiger partial charge on any atom is 0.274 e. The normalized spacial score (nSPS) is 11.5. The van der Waals surface area contributed by atoms with Crippen LogP contribution in [0.1, 0.15) is 55.6 Å². The zero-order chi connectivity index (χ0) is 14.2. The second-order valence-corrected chi connectivity index (χ2v) is 5.41. The van der Waals surface area contributed by atoms with Crippen molar-refractivity contribution in [2.75, 3.05) is 0 Å². The van der Waals surface area contributed by atoms with E-state index in [0.29, 0.717) is 17.5 Å². The molecule has 0 radical (unpaired) electrons. The van der Waals surface area contributed by atoms with Crippen molar-refractivity contribution in [2.24, 2.45) is 0 Å². The summed E-state index contributed by atoms with van der Waals surface area (Å²) >= 11 is 0. The Labute approximate surface area is 113 Å². The third kappa shape index (κ3) is 2.36. The first-order chi connectivity index (χ1) is 8.95. The Kier molecular flexibility index (Phi) is 3.62. The molecule has 2 rings (SSSR count). The molecule has 1 aromatic carbocycles. The van der Waals surface area contributed by atoms with Gasteiger partial charge in [0.15, 0.2) is 0 Å². The fourth-order valence-electron chi connectivity index (χ4n) is 2.37. The molecule has 0 fully saturated rings. The van der Waals surface area contributed by atoms with Crippen molar-refractivity contribution in [3.8, 4) is 0 Å². The Balaban J connectivity index is 2.69. The lowest BCUT2D eigenvalue weighted by Crippen LogP contribution is -2.18. The summed E-state index contributed by atoms with van der Waals surface area (Å²) in [4.78, 5) is 11.5. The zero-order valence-electron chi connectivity index (χ0n) is 11.8. The highest BCUT2D eigenvalue weighted by atomic mass is 16.5. The molecule has 0 spiro atoms. The molecule has 0 aliphatic rings. The molecule has 2 N–H and O–H groups in total.